The number of halogens is 3. The van der Waals surface area contributed by atoms with E-state index in [1.54, 1.807) is 0 Å². The first-order valence-electron chi connectivity index (χ1n) is 4.98. The predicted molar refractivity (Wildman–Crippen MR) is 53.5 cm³/mol. The number of hydrogen-bond donors (Lipinski definition) is 1. The summed E-state index contributed by atoms with van der Waals surface area (Å²) in [5, 5.41) is 0. The molecule has 0 radical (unpaired) electrons. The zero-order chi connectivity index (χ0) is 11.9. The molecule has 7 heteroatoms. The lowest BCUT2D eigenvalue weighted by molar-refractivity contribution is -0.0994. The minimum atomic E-state index is -4.39. The molecule has 0 fully saturated rings. The molecule has 0 amide bonds. The van der Waals surface area contributed by atoms with Crippen LogP contribution in [0.25, 0.3) is 0 Å². The fourth-order valence-corrected chi connectivity index (χ4v) is 3.88. The van der Waals surface area contributed by atoms with E-state index < -0.39 is 14.4 Å². The Bertz CT molecular complexity index is 172. The lowest BCUT2D eigenvalue weighted by atomic mass is 10.5. The highest BCUT2D eigenvalue weighted by molar-refractivity contribution is 6.69. The Labute approximate surface area is 89.0 Å². The van der Waals surface area contributed by atoms with Crippen molar-refractivity contribution in [2.24, 2.45) is 5.73 Å². The van der Waals surface area contributed by atoms with Crippen molar-refractivity contribution in [2.45, 2.75) is 32.1 Å². The molecule has 15 heavy (non-hydrogen) atoms. The topological polar surface area (TPSA) is 44.5 Å². The number of nitrogens with two attached hydrogens (primary N) is 1. The number of hydrogen-bond acceptors (Lipinski definition) is 3. The van der Waals surface area contributed by atoms with E-state index in [0.29, 0.717) is 0 Å². The van der Waals surface area contributed by atoms with E-state index in [1.165, 1.54) is 13.8 Å². The van der Waals surface area contributed by atoms with Crippen molar-refractivity contribution in [1.29, 1.82) is 0 Å². The molecular formula is C8H18F3NO2Si. The maximum Gasteiger partial charge on any atom is 0.458 e. The van der Waals surface area contributed by atoms with Gasteiger partial charge in [0.15, 0.2) is 0 Å². The molecule has 3 nitrogen and oxygen atoms in total. The minimum Gasteiger partial charge on any atom is -0.389 e. The standard InChI is InChI=1S/C8H18F3NO2Si/c1-3-13-15(14-4-2,7-5-6-12)8(9,10)11/h3-7,12H2,1-2H3. The molecule has 0 aliphatic heterocycles. The van der Waals surface area contributed by atoms with Crippen LogP contribution in [0.1, 0.15) is 20.3 Å². The Kier molecular flexibility index (Phi) is 6.42. The monoisotopic (exact) mass is 245 g/mol. The first kappa shape index (κ1) is 14.9. The van der Waals surface area contributed by atoms with E-state index in [9.17, 15) is 13.2 Å². The summed E-state index contributed by atoms with van der Waals surface area (Å²) in [4.78, 5) is 0. The van der Waals surface area contributed by atoms with Crippen molar-refractivity contribution in [3.63, 3.8) is 0 Å². The normalized spacial score (nSPS) is 13.2. The molecular weight excluding hydrogens is 227 g/mol. The van der Waals surface area contributed by atoms with Gasteiger partial charge in [-0.25, -0.2) is 0 Å². The van der Waals surface area contributed by atoms with Crippen LogP contribution in [0.4, 0.5) is 13.2 Å². The molecule has 0 aromatic rings. The molecule has 0 bridgehead atoms. The summed E-state index contributed by atoms with van der Waals surface area (Å²) in [6.45, 7) is 3.31. The molecule has 0 rings (SSSR count). The Hall–Kier alpha value is -0.113. The first-order chi connectivity index (χ1) is 6.93. The van der Waals surface area contributed by atoms with Crippen LogP contribution >= 0.6 is 0 Å². The van der Waals surface area contributed by atoms with Crippen LogP contribution in [0.3, 0.4) is 0 Å². The molecule has 0 aromatic heterocycles. The maximum atomic E-state index is 12.8. The summed E-state index contributed by atoms with van der Waals surface area (Å²) in [7, 11) is -4.10. The Morgan fingerprint density at radius 3 is 1.87 bits per heavy atom. The van der Waals surface area contributed by atoms with Crippen molar-refractivity contribution in [2.75, 3.05) is 19.8 Å². The quantitative estimate of drug-likeness (QED) is 0.697. The van der Waals surface area contributed by atoms with Gasteiger partial charge in [0.25, 0.3) is 0 Å². The van der Waals surface area contributed by atoms with Gasteiger partial charge < -0.3 is 14.6 Å². The lowest BCUT2D eigenvalue weighted by Crippen LogP contribution is -2.56. The highest BCUT2D eigenvalue weighted by Gasteiger charge is 2.61. The minimum absolute atomic E-state index is 0.0102. The van der Waals surface area contributed by atoms with E-state index in [2.05, 4.69) is 0 Å². The summed E-state index contributed by atoms with van der Waals surface area (Å²) in [5.41, 5.74) is 5.22. The van der Waals surface area contributed by atoms with Crippen LogP contribution < -0.4 is 5.73 Å². The van der Waals surface area contributed by atoms with Crippen LogP contribution in [0.5, 0.6) is 0 Å². The van der Waals surface area contributed by atoms with Crippen molar-refractivity contribution in [1.82, 2.24) is 0 Å². The second-order valence-corrected chi connectivity index (χ2v) is 6.16. The van der Waals surface area contributed by atoms with Crippen molar-refractivity contribution >= 4 is 8.56 Å². The Balaban J connectivity index is 4.72. The fraction of sp³-hybridized carbons (Fsp3) is 1.00. The summed E-state index contributed by atoms with van der Waals surface area (Å²) in [6, 6.07) is -0.130. The average Bonchev–Trinajstić information content (AvgIpc) is 2.13. The molecule has 2 N–H and O–H groups in total. The third-order valence-corrected chi connectivity index (χ3v) is 5.28. The molecule has 0 unspecified atom stereocenters. The zero-order valence-corrected chi connectivity index (χ0v) is 10.1. The summed E-state index contributed by atoms with van der Waals surface area (Å²) >= 11 is 0. The molecule has 0 saturated heterocycles. The molecule has 0 spiro atoms. The summed E-state index contributed by atoms with van der Waals surface area (Å²) in [5.74, 6) is -4.39. The summed E-state index contributed by atoms with van der Waals surface area (Å²) in [6.07, 6.45) is 0.270. The lowest BCUT2D eigenvalue weighted by Gasteiger charge is -2.31. The van der Waals surface area contributed by atoms with Gasteiger partial charge in [0, 0.05) is 19.3 Å². The van der Waals surface area contributed by atoms with Gasteiger partial charge in [-0.15, -0.1) is 0 Å². The van der Waals surface area contributed by atoms with Gasteiger partial charge in [0.2, 0.25) is 0 Å². The van der Waals surface area contributed by atoms with E-state index >= 15 is 0 Å². The van der Waals surface area contributed by atoms with Crippen molar-refractivity contribution in [3.8, 4) is 0 Å². The van der Waals surface area contributed by atoms with Crippen LogP contribution in [0.2, 0.25) is 6.04 Å². The van der Waals surface area contributed by atoms with Gasteiger partial charge in [-0.3, -0.25) is 0 Å². The molecule has 0 heterocycles. The van der Waals surface area contributed by atoms with Crippen LogP contribution in [-0.4, -0.2) is 34.1 Å². The molecule has 0 aliphatic carbocycles. The highest BCUT2D eigenvalue weighted by atomic mass is 28.4. The van der Waals surface area contributed by atoms with Gasteiger partial charge in [-0.05, 0) is 26.8 Å². The summed E-state index contributed by atoms with van der Waals surface area (Å²) < 4.78 is 48.3. The SMILES string of the molecule is CCO[Si](CCCN)(OCC)C(F)(F)F. The van der Waals surface area contributed by atoms with E-state index in [1.807, 2.05) is 0 Å². The largest absolute Gasteiger partial charge is 0.458 e. The highest BCUT2D eigenvalue weighted by Crippen LogP contribution is 2.34. The van der Waals surface area contributed by atoms with Crippen LogP contribution in [-0.2, 0) is 8.85 Å². The van der Waals surface area contributed by atoms with Gasteiger partial charge in [0.05, 0.1) is 0 Å². The second kappa shape index (κ2) is 6.47. The molecule has 92 valence electrons. The third-order valence-electron chi connectivity index (χ3n) is 1.90. The predicted octanol–water partition coefficient (Wildman–Crippen LogP) is 1.95. The number of alkyl halides is 3. The number of rotatable bonds is 7. The first-order valence-corrected chi connectivity index (χ1v) is 7.00. The van der Waals surface area contributed by atoms with E-state index in [0.717, 1.165) is 0 Å². The maximum absolute atomic E-state index is 12.8. The second-order valence-electron chi connectivity index (χ2n) is 3.01. The average molecular weight is 245 g/mol. The van der Waals surface area contributed by atoms with E-state index in [4.69, 9.17) is 14.6 Å². The van der Waals surface area contributed by atoms with Gasteiger partial charge >= 0.3 is 14.4 Å². The van der Waals surface area contributed by atoms with Gasteiger partial charge in [0.1, 0.15) is 0 Å². The Morgan fingerprint density at radius 2 is 1.60 bits per heavy atom. The molecule has 0 aliphatic rings. The fourth-order valence-electron chi connectivity index (χ4n) is 1.29. The third kappa shape index (κ3) is 4.10. The van der Waals surface area contributed by atoms with Crippen LogP contribution in [0.15, 0.2) is 0 Å². The van der Waals surface area contributed by atoms with Gasteiger partial charge in [-0.1, -0.05) is 0 Å². The van der Waals surface area contributed by atoms with E-state index in [-0.39, 0.29) is 32.2 Å². The molecule has 0 aromatic carbocycles. The Morgan fingerprint density at radius 1 is 1.13 bits per heavy atom. The van der Waals surface area contributed by atoms with Crippen molar-refractivity contribution < 1.29 is 22.0 Å². The van der Waals surface area contributed by atoms with Crippen LogP contribution in [0, 0.1) is 0 Å². The zero-order valence-electron chi connectivity index (χ0n) is 9.06. The smallest absolute Gasteiger partial charge is 0.389 e. The molecule has 0 saturated carbocycles. The van der Waals surface area contributed by atoms with Gasteiger partial charge in [-0.2, -0.15) is 13.2 Å². The molecule has 0 atom stereocenters. The van der Waals surface area contributed by atoms with Crippen molar-refractivity contribution in [3.05, 3.63) is 0 Å².